The average molecular weight is 445 g/mol. The number of anilines is 3. The first-order valence-corrected chi connectivity index (χ1v) is 12.4. The number of sulfonamides is 1. The van der Waals surface area contributed by atoms with Gasteiger partial charge < -0.3 is 15.1 Å². The summed E-state index contributed by atoms with van der Waals surface area (Å²) in [6.45, 7) is 7.70. The predicted octanol–water partition coefficient (Wildman–Crippen LogP) is 2.93. The summed E-state index contributed by atoms with van der Waals surface area (Å²) in [5.41, 5.74) is 3.20. The number of carbonyl (C=O) groups excluding carboxylic acids is 1. The van der Waals surface area contributed by atoms with Gasteiger partial charge in [-0.15, -0.1) is 0 Å². The molecule has 0 bridgehead atoms. The second-order valence-electron chi connectivity index (χ2n) is 8.15. The van der Waals surface area contributed by atoms with Crippen molar-refractivity contribution in [3.05, 3.63) is 54.1 Å². The monoisotopic (exact) mass is 444 g/mol. The van der Waals surface area contributed by atoms with Crippen LogP contribution in [0.25, 0.3) is 0 Å². The van der Waals surface area contributed by atoms with Gasteiger partial charge in [-0.25, -0.2) is 8.42 Å². The molecule has 1 fully saturated rings. The molecule has 3 rings (SSSR count). The zero-order valence-electron chi connectivity index (χ0n) is 18.7. The van der Waals surface area contributed by atoms with Gasteiger partial charge in [-0.3, -0.25) is 9.10 Å². The largest absolute Gasteiger partial charge is 0.369 e. The SMILES string of the molecule is CCC(C(=O)Nc1ccc(N2CCN(C)CC2)cc1)N(c1cccc(C)c1)S(C)(=O)=O. The molecule has 1 amide bonds. The molecule has 1 saturated heterocycles. The summed E-state index contributed by atoms with van der Waals surface area (Å²) in [6.07, 6.45) is 1.49. The van der Waals surface area contributed by atoms with Gasteiger partial charge in [0.05, 0.1) is 11.9 Å². The third-order valence-electron chi connectivity index (χ3n) is 5.59. The number of hydrogen-bond donors (Lipinski definition) is 1. The number of nitrogens with one attached hydrogen (secondary N) is 1. The van der Waals surface area contributed by atoms with E-state index in [0.717, 1.165) is 43.7 Å². The van der Waals surface area contributed by atoms with Gasteiger partial charge in [-0.1, -0.05) is 19.1 Å². The maximum atomic E-state index is 13.1. The molecule has 2 aromatic rings. The Hall–Kier alpha value is -2.58. The number of amides is 1. The minimum atomic E-state index is -3.65. The Morgan fingerprint density at radius 1 is 1.10 bits per heavy atom. The van der Waals surface area contributed by atoms with Gasteiger partial charge in [0.2, 0.25) is 15.9 Å². The van der Waals surface area contributed by atoms with Crippen LogP contribution in [-0.2, 0) is 14.8 Å². The number of nitrogens with zero attached hydrogens (tertiary/aromatic N) is 3. The van der Waals surface area contributed by atoms with Gasteiger partial charge in [0, 0.05) is 37.6 Å². The van der Waals surface area contributed by atoms with Crippen molar-refractivity contribution in [2.24, 2.45) is 0 Å². The quantitative estimate of drug-likeness (QED) is 0.711. The standard InChI is InChI=1S/C23H32N4O3S/c1-5-22(27(31(4,29)30)21-8-6-7-18(2)17-21)23(28)24-19-9-11-20(12-10-19)26-15-13-25(3)14-16-26/h6-12,17,22H,5,13-16H2,1-4H3,(H,24,28). The van der Waals surface area contributed by atoms with E-state index in [4.69, 9.17) is 0 Å². The molecule has 1 heterocycles. The Morgan fingerprint density at radius 2 is 1.74 bits per heavy atom. The highest BCUT2D eigenvalue weighted by Crippen LogP contribution is 2.25. The maximum absolute atomic E-state index is 13.1. The van der Waals surface area contributed by atoms with E-state index in [0.29, 0.717) is 17.8 Å². The first kappa shape index (κ1) is 23.1. The van der Waals surface area contributed by atoms with E-state index in [1.54, 1.807) is 18.2 Å². The third-order valence-corrected chi connectivity index (χ3v) is 6.77. The van der Waals surface area contributed by atoms with Crippen molar-refractivity contribution < 1.29 is 13.2 Å². The van der Waals surface area contributed by atoms with Crippen molar-refractivity contribution in [3.63, 3.8) is 0 Å². The van der Waals surface area contributed by atoms with E-state index in [1.807, 2.05) is 44.2 Å². The molecule has 31 heavy (non-hydrogen) atoms. The molecular formula is C23H32N4O3S. The fourth-order valence-corrected chi connectivity index (χ4v) is 5.07. The molecule has 0 saturated carbocycles. The lowest BCUT2D eigenvalue weighted by Gasteiger charge is -2.34. The first-order valence-electron chi connectivity index (χ1n) is 10.6. The Bertz CT molecular complexity index is 1000. The lowest BCUT2D eigenvalue weighted by molar-refractivity contribution is -0.117. The van der Waals surface area contributed by atoms with Crippen LogP contribution in [0.3, 0.4) is 0 Å². The molecule has 8 heteroatoms. The molecule has 1 unspecified atom stereocenters. The maximum Gasteiger partial charge on any atom is 0.248 e. The summed E-state index contributed by atoms with van der Waals surface area (Å²) in [5, 5.41) is 2.90. The van der Waals surface area contributed by atoms with Crippen molar-refractivity contribution >= 4 is 33.0 Å². The number of piperazine rings is 1. The van der Waals surface area contributed by atoms with Gasteiger partial charge in [0.1, 0.15) is 6.04 Å². The Labute approximate surface area is 185 Å². The number of carbonyl (C=O) groups is 1. The zero-order chi connectivity index (χ0) is 22.6. The summed E-state index contributed by atoms with van der Waals surface area (Å²) in [7, 11) is -1.53. The molecule has 168 valence electrons. The molecule has 7 nitrogen and oxygen atoms in total. The summed E-state index contributed by atoms with van der Waals surface area (Å²) < 4.78 is 26.4. The van der Waals surface area contributed by atoms with E-state index < -0.39 is 16.1 Å². The van der Waals surface area contributed by atoms with Crippen LogP contribution in [0.1, 0.15) is 18.9 Å². The fourth-order valence-electron chi connectivity index (χ4n) is 3.87. The minimum absolute atomic E-state index is 0.346. The molecule has 1 atom stereocenters. The van der Waals surface area contributed by atoms with Crippen LogP contribution < -0.4 is 14.5 Å². The van der Waals surface area contributed by atoms with Crippen molar-refractivity contribution in [2.75, 3.05) is 54.0 Å². The van der Waals surface area contributed by atoms with E-state index in [-0.39, 0.29) is 5.91 Å². The molecule has 0 aromatic heterocycles. The molecule has 1 aliphatic heterocycles. The summed E-state index contributed by atoms with van der Waals surface area (Å²) in [6, 6.07) is 14.1. The van der Waals surface area contributed by atoms with Gasteiger partial charge in [-0.2, -0.15) is 0 Å². The Balaban J connectivity index is 1.76. The predicted molar refractivity (Wildman–Crippen MR) is 127 cm³/mol. The second-order valence-corrected chi connectivity index (χ2v) is 10.0. The molecule has 0 radical (unpaired) electrons. The molecule has 0 spiro atoms. The van der Waals surface area contributed by atoms with Crippen molar-refractivity contribution in [1.29, 1.82) is 0 Å². The topological polar surface area (TPSA) is 73.0 Å². The van der Waals surface area contributed by atoms with Crippen molar-refractivity contribution in [1.82, 2.24) is 4.90 Å². The second kappa shape index (κ2) is 9.70. The molecule has 0 aliphatic carbocycles. The third kappa shape index (κ3) is 5.77. The smallest absolute Gasteiger partial charge is 0.248 e. The van der Waals surface area contributed by atoms with E-state index in [9.17, 15) is 13.2 Å². The highest BCUT2D eigenvalue weighted by atomic mass is 32.2. The van der Waals surface area contributed by atoms with Gasteiger partial charge in [0.25, 0.3) is 0 Å². The lowest BCUT2D eigenvalue weighted by atomic mass is 10.1. The number of benzene rings is 2. The molecule has 1 aliphatic rings. The van der Waals surface area contributed by atoms with Gasteiger partial charge in [0.15, 0.2) is 0 Å². The van der Waals surface area contributed by atoms with E-state index >= 15 is 0 Å². The van der Waals surface area contributed by atoms with Crippen LogP contribution in [0.15, 0.2) is 48.5 Å². The van der Waals surface area contributed by atoms with Gasteiger partial charge in [-0.05, 0) is 62.4 Å². The number of likely N-dealkylation sites (N-methyl/N-ethyl adjacent to an activating group) is 1. The minimum Gasteiger partial charge on any atom is -0.369 e. The summed E-state index contributed by atoms with van der Waals surface area (Å²) in [5.74, 6) is -0.346. The molecule has 2 aromatic carbocycles. The van der Waals surface area contributed by atoms with Crippen molar-refractivity contribution in [2.45, 2.75) is 26.3 Å². The molecular weight excluding hydrogens is 412 g/mol. The summed E-state index contributed by atoms with van der Waals surface area (Å²) >= 11 is 0. The highest BCUT2D eigenvalue weighted by molar-refractivity contribution is 7.92. The zero-order valence-corrected chi connectivity index (χ0v) is 19.5. The molecule has 1 N–H and O–H groups in total. The highest BCUT2D eigenvalue weighted by Gasteiger charge is 2.31. The Kier molecular flexibility index (Phi) is 7.23. The first-order chi connectivity index (χ1) is 14.7. The normalized spacial score (nSPS) is 16.1. The number of rotatable bonds is 7. The van der Waals surface area contributed by atoms with Gasteiger partial charge >= 0.3 is 0 Å². The van der Waals surface area contributed by atoms with Crippen LogP contribution in [0.5, 0.6) is 0 Å². The lowest BCUT2D eigenvalue weighted by Crippen LogP contribution is -2.47. The van der Waals surface area contributed by atoms with Crippen LogP contribution >= 0.6 is 0 Å². The van der Waals surface area contributed by atoms with Crippen LogP contribution in [0.2, 0.25) is 0 Å². The fraction of sp³-hybridized carbons (Fsp3) is 0.435. The number of hydrogen-bond acceptors (Lipinski definition) is 5. The van der Waals surface area contributed by atoms with Crippen LogP contribution in [0, 0.1) is 6.92 Å². The van der Waals surface area contributed by atoms with E-state index in [1.165, 1.54) is 4.31 Å². The average Bonchev–Trinajstić information content (AvgIpc) is 2.72. The van der Waals surface area contributed by atoms with Crippen molar-refractivity contribution in [3.8, 4) is 0 Å². The Morgan fingerprint density at radius 3 is 2.29 bits per heavy atom. The summed E-state index contributed by atoms with van der Waals surface area (Å²) in [4.78, 5) is 17.7. The van der Waals surface area contributed by atoms with Crippen LogP contribution in [0.4, 0.5) is 17.1 Å². The van der Waals surface area contributed by atoms with Crippen LogP contribution in [-0.4, -0.2) is 64.7 Å². The van der Waals surface area contributed by atoms with E-state index in [2.05, 4.69) is 22.2 Å². The number of aryl methyl sites for hydroxylation is 1.